The molecule has 2 rings (SSSR count). The van der Waals surface area contributed by atoms with E-state index in [0.717, 1.165) is 51.5 Å². The van der Waals surface area contributed by atoms with E-state index in [1.165, 1.54) is 0 Å². The summed E-state index contributed by atoms with van der Waals surface area (Å²) in [5.74, 6) is -0.467. The number of urea groups is 1. The fourth-order valence-electron chi connectivity index (χ4n) is 3.91. The zero-order chi connectivity index (χ0) is 15.4. The summed E-state index contributed by atoms with van der Waals surface area (Å²) in [5, 5.41) is 8.95. The van der Waals surface area contributed by atoms with Crippen LogP contribution in [0.2, 0.25) is 0 Å². The van der Waals surface area contributed by atoms with Gasteiger partial charge >= 0.3 is 12.0 Å². The van der Waals surface area contributed by atoms with Crippen molar-refractivity contribution in [2.24, 2.45) is 5.92 Å². The highest BCUT2D eigenvalue weighted by Gasteiger charge is 2.44. The minimum absolute atomic E-state index is 0.146. The van der Waals surface area contributed by atoms with E-state index in [9.17, 15) is 9.59 Å². The van der Waals surface area contributed by atoms with Crippen molar-refractivity contribution in [3.05, 3.63) is 0 Å². The van der Waals surface area contributed by atoms with Gasteiger partial charge in [0.2, 0.25) is 0 Å². The Morgan fingerprint density at radius 1 is 1.19 bits per heavy atom. The molecule has 0 radical (unpaired) electrons. The first-order valence-corrected chi connectivity index (χ1v) is 8.28. The highest BCUT2D eigenvalue weighted by atomic mass is 16.4. The van der Waals surface area contributed by atoms with Gasteiger partial charge in [0.1, 0.15) is 0 Å². The maximum Gasteiger partial charge on any atom is 0.320 e. The van der Waals surface area contributed by atoms with Crippen molar-refractivity contribution in [2.75, 3.05) is 13.6 Å². The number of unbranched alkanes of at least 4 members (excludes halogenated alkanes) is 2. The fraction of sp³-hybridized carbons (Fsp3) is 0.875. The van der Waals surface area contributed by atoms with Gasteiger partial charge in [-0.1, -0.05) is 19.8 Å². The molecule has 2 bridgehead atoms. The molecular formula is C16H28N2O3. The number of rotatable bonds is 6. The summed E-state index contributed by atoms with van der Waals surface area (Å²) >= 11 is 0. The Hall–Kier alpha value is -1.26. The Balaban J connectivity index is 1.90. The quantitative estimate of drug-likeness (QED) is 0.767. The van der Waals surface area contributed by atoms with Gasteiger partial charge in [0.05, 0.1) is 0 Å². The van der Waals surface area contributed by atoms with Gasteiger partial charge in [0.25, 0.3) is 0 Å². The molecule has 2 aliphatic heterocycles. The van der Waals surface area contributed by atoms with Gasteiger partial charge in [-0.3, -0.25) is 4.79 Å². The van der Waals surface area contributed by atoms with E-state index in [0.29, 0.717) is 0 Å². The number of carboxylic acid groups (broad SMARTS) is 1. The van der Waals surface area contributed by atoms with E-state index in [-0.39, 0.29) is 30.5 Å². The summed E-state index contributed by atoms with van der Waals surface area (Å²) in [4.78, 5) is 27.4. The molecule has 5 nitrogen and oxygen atoms in total. The van der Waals surface area contributed by atoms with Crippen molar-refractivity contribution in [2.45, 2.75) is 70.4 Å². The van der Waals surface area contributed by atoms with Crippen LogP contribution >= 0.6 is 0 Å². The number of aliphatic carboxylic acids is 1. The molecule has 2 fully saturated rings. The average Bonchev–Trinajstić information content (AvgIpc) is 2.69. The number of carbonyl (C=O) groups is 2. The van der Waals surface area contributed by atoms with Crippen LogP contribution in [-0.2, 0) is 4.79 Å². The van der Waals surface area contributed by atoms with Crippen LogP contribution in [0.5, 0.6) is 0 Å². The van der Waals surface area contributed by atoms with E-state index >= 15 is 0 Å². The number of nitrogens with zero attached hydrogens (tertiary/aromatic N) is 2. The van der Waals surface area contributed by atoms with Gasteiger partial charge in [0, 0.05) is 32.1 Å². The third kappa shape index (κ3) is 3.89. The molecule has 2 atom stereocenters. The summed E-state index contributed by atoms with van der Waals surface area (Å²) < 4.78 is 0. The van der Waals surface area contributed by atoms with Crippen LogP contribution < -0.4 is 0 Å². The third-order valence-corrected chi connectivity index (χ3v) is 4.94. The van der Waals surface area contributed by atoms with Crippen molar-refractivity contribution in [1.82, 2.24) is 9.80 Å². The Labute approximate surface area is 127 Å². The van der Waals surface area contributed by atoms with Gasteiger partial charge in [-0.15, -0.1) is 0 Å². The first-order valence-electron chi connectivity index (χ1n) is 8.28. The molecule has 2 saturated heterocycles. The first kappa shape index (κ1) is 16.1. The van der Waals surface area contributed by atoms with Gasteiger partial charge < -0.3 is 14.9 Å². The molecule has 0 aliphatic carbocycles. The van der Waals surface area contributed by atoms with Crippen molar-refractivity contribution in [1.29, 1.82) is 0 Å². The topological polar surface area (TPSA) is 60.9 Å². The number of amides is 2. The lowest BCUT2D eigenvalue weighted by molar-refractivity contribution is -0.138. The Morgan fingerprint density at radius 3 is 2.33 bits per heavy atom. The lowest BCUT2D eigenvalue weighted by Crippen LogP contribution is -2.51. The van der Waals surface area contributed by atoms with Crippen molar-refractivity contribution >= 4 is 12.0 Å². The number of carbonyl (C=O) groups excluding carboxylic acids is 1. The second-order valence-corrected chi connectivity index (χ2v) is 6.64. The lowest BCUT2D eigenvalue weighted by Gasteiger charge is -2.40. The molecular weight excluding hydrogens is 268 g/mol. The minimum Gasteiger partial charge on any atom is -0.481 e. The van der Waals surface area contributed by atoms with Crippen LogP contribution in [0.4, 0.5) is 4.79 Å². The molecule has 2 amide bonds. The van der Waals surface area contributed by atoms with Crippen LogP contribution in [0.3, 0.4) is 0 Å². The fourth-order valence-corrected chi connectivity index (χ4v) is 3.91. The molecule has 5 heteroatoms. The molecule has 2 heterocycles. The zero-order valence-corrected chi connectivity index (χ0v) is 13.3. The number of hydrogen-bond donors (Lipinski definition) is 1. The second-order valence-electron chi connectivity index (χ2n) is 6.64. The molecule has 120 valence electrons. The normalized spacial score (nSPS) is 27.7. The predicted molar refractivity (Wildman–Crippen MR) is 81.2 cm³/mol. The van der Waals surface area contributed by atoms with E-state index in [1.807, 2.05) is 16.8 Å². The lowest BCUT2D eigenvalue weighted by atomic mass is 9.88. The summed E-state index contributed by atoms with van der Waals surface area (Å²) in [6, 6.07) is 0.663. The first-order chi connectivity index (χ1) is 10.0. The van der Waals surface area contributed by atoms with E-state index < -0.39 is 5.97 Å². The summed E-state index contributed by atoms with van der Waals surface area (Å²) in [5.41, 5.74) is 0. The van der Waals surface area contributed by atoms with Crippen LogP contribution in [-0.4, -0.2) is 52.6 Å². The van der Waals surface area contributed by atoms with Crippen LogP contribution in [0, 0.1) is 5.92 Å². The largest absolute Gasteiger partial charge is 0.481 e. The Morgan fingerprint density at radius 2 is 1.81 bits per heavy atom. The van der Waals surface area contributed by atoms with Crippen molar-refractivity contribution < 1.29 is 14.7 Å². The smallest absolute Gasteiger partial charge is 0.320 e. The number of hydrogen-bond acceptors (Lipinski definition) is 2. The van der Waals surface area contributed by atoms with Gasteiger partial charge in [-0.05, 0) is 38.0 Å². The monoisotopic (exact) mass is 296 g/mol. The highest BCUT2D eigenvalue weighted by molar-refractivity contribution is 5.75. The molecule has 2 aliphatic rings. The molecule has 0 aromatic heterocycles. The summed E-state index contributed by atoms with van der Waals surface area (Å²) in [6.07, 6.45) is 7.42. The van der Waals surface area contributed by atoms with Gasteiger partial charge in [0.15, 0.2) is 0 Å². The van der Waals surface area contributed by atoms with E-state index in [4.69, 9.17) is 5.11 Å². The number of fused-ring (bicyclic) bond motifs is 2. The van der Waals surface area contributed by atoms with Crippen molar-refractivity contribution in [3.8, 4) is 0 Å². The summed E-state index contributed by atoms with van der Waals surface area (Å²) in [6.45, 7) is 2.98. The second kappa shape index (κ2) is 7.14. The molecule has 21 heavy (non-hydrogen) atoms. The number of carboxylic acids is 1. The van der Waals surface area contributed by atoms with Crippen LogP contribution in [0.15, 0.2) is 0 Å². The number of piperidine rings is 1. The van der Waals surface area contributed by atoms with Crippen molar-refractivity contribution in [3.63, 3.8) is 0 Å². The molecule has 0 aromatic carbocycles. The molecule has 2 unspecified atom stereocenters. The molecule has 1 N–H and O–H groups in total. The molecule has 0 aromatic rings. The molecule has 0 saturated carbocycles. The molecule has 0 spiro atoms. The third-order valence-electron chi connectivity index (χ3n) is 4.94. The maximum atomic E-state index is 12.6. The zero-order valence-electron chi connectivity index (χ0n) is 13.3. The maximum absolute atomic E-state index is 12.6. The highest BCUT2D eigenvalue weighted by Crippen LogP contribution is 2.40. The van der Waals surface area contributed by atoms with Gasteiger partial charge in [-0.2, -0.15) is 0 Å². The van der Waals surface area contributed by atoms with Crippen LogP contribution in [0.1, 0.15) is 58.3 Å². The standard InChI is InChI=1S/C16H28N2O3/c1-3-4-5-8-17(2)16(21)18-13-6-7-14(18)10-12(9-13)11-15(19)20/h12-14H,3-11H2,1-2H3,(H,19,20). The van der Waals surface area contributed by atoms with E-state index in [1.54, 1.807) is 0 Å². The van der Waals surface area contributed by atoms with E-state index in [2.05, 4.69) is 6.92 Å². The predicted octanol–water partition coefficient (Wildman–Crippen LogP) is 2.95. The van der Waals surface area contributed by atoms with Gasteiger partial charge in [-0.25, -0.2) is 4.79 Å². The minimum atomic E-state index is -0.712. The SMILES string of the molecule is CCCCCN(C)C(=O)N1C2CCC1CC(CC(=O)O)C2. The Kier molecular flexibility index (Phi) is 5.48. The van der Waals surface area contributed by atoms with Crippen LogP contribution in [0.25, 0.3) is 0 Å². The summed E-state index contributed by atoms with van der Waals surface area (Å²) in [7, 11) is 1.89. The Bertz CT molecular complexity index is 372. The average molecular weight is 296 g/mol.